The molecule has 0 bridgehead atoms. The second kappa shape index (κ2) is 7.83. The fourth-order valence-electron chi connectivity index (χ4n) is 3.74. The van der Waals surface area contributed by atoms with E-state index in [1.165, 1.54) is 13.5 Å². The number of nitrogens with one attached hydrogen (secondary N) is 2. The predicted octanol–water partition coefficient (Wildman–Crippen LogP) is 4.09. The fraction of sp³-hybridized carbons (Fsp3) is 0.556. The molecule has 0 saturated heterocycles. The first kappa shape index (κ1) is 18.3. The molecular formula is C18H22Cl2N2O3. The monoisotopic (exact) mass is 384 g/mol. The molecule has 2 N–H and O–H groups in total. The highest BCUT2D eigenvalue weighted by atomic mass is 35.5. The summed E-state index contributed by atoms with van der Waals surface area (Å²) in [6, 6.07) is 2.47. The van der Waals surface area contributed by atoms with Crippen molar-refractivity contribution >= 4 is 40.8 Å². The Morgan fingerprint density at radius 2 is 1.92 bits per heavy atom. The summed E-state index contributed by atoms with van der Waals surface area (Å²) in [6.07, 6.45) is 5.58. The number of esters is 1. The fourth-order valence-corrected chi connectivity index (χ4v) is 4.37. The SMILES string of the molecule is COC(=O)C1CC(NC(=O)C2CCCCC2)c2c(Cl)cc(Cl)cc2N1. The van der Waals surface area contributed by atoms with Gasteiger partial charge in [-0.15, -0.1) is 0 Å². The van der Waals surface area contributed by atoms with E-state index in [1.54, 1.807) is 12.1 Å². The molecule has 5 nitrogen and oxygen atoms in total. The molecule has 1 saturated carbocycles. The van der Waals surface area contributed by atoms with Crippen LogP contribution in [-0.2, 0) is 14.3 Å². The second-order valence-electron chi connectivity index (χ2n) is 6.70. The predicted molar refractivity (Wildman–Crippen MR) is 98.0 cm³/mol. The first-order chi connectivity index (χ1) is 12.0. The lowest BCUT2D eigenvalue weighted by Crippen LogP contribution is -2.43. The van der Waals surface area contributed by atoms with E-state index in [0.717, 1.165) is 31.2 Å². The Bertz CT molecular complexity index is 675. The standard InChI is InChI=1S/C18H22Cl2N2O3/c1-25-18(24)15-9-14(22-17(23)10-5-3-2-4-6-10)16-12(20)7-11(19)8-13(16)21-15/h7-8,10,14-15,21H,2-6,9H2,1H3,(H,22,23). The molecule has 0 radical (unpaired) electrons. The van der Waals surface area contributed by atoms with Gasteiger partial charge in [-0.25, -0.2) is 4.79 Å². The number of methoxy groups -OCH3 is 1. The van der Waals surface area contributed by atoms with Crippen molar-refractivity contribution in [1.82, 2.24) is 5.32 Å². The van der Waals surface area contributed by atoms with Crippen LogP contribution < -0.4 is 10.6 Å². The van der Waals surface area contributed by atoms with Gasteiger partial charge >= 0.3 is 5.97 Å². The number of benzene rings is 1. The van der Waals surface area contributed by atoms with Crippen LogP contribution >= 0.6 is 23.2 Å². The minimum absolute atomic E-state index is 0.0344. The quantitative estimate of drug-likeness (QED) is 0.770. The van der Waals surface area contributed by atoms with Gasteiger partial charge in [0.1, 0.15) is 6.04 Å². The third-order valence-electron chi connectivity index (χ3n) is 5.02. The first-order valence-corrected chi connectivity index (χ1v) is 9.39. The zero-order valence-electron chi connectivity index (χ0n) is 14.1. The van der Waals surface area contributed by atoms with Crippen LogP contribution in [0.1, 0.15) is 50.1 Å². The molecule has 1 amide bonds. The Hall–Kier alpha value is -1.46. The normalized spacial score (nSPS) is 23.3. The van der Waals surface area contributed by atoms with Crippen molar-refractivity contribution in [3.63, 3.8) is 0 Å². The molecule has 1 fully saturated rings. The molecule has 1 heterocycles. The Morgan fingerprint density at radius 1 is 1.20 bits per heavy atom. The average molecular weight is 385 g/mol. The molecule has 2 unspecified atom stereocenters. The number of carbonyl (C=O) groups excluding carboxylic acids is 2. The zero-order valence-corrected chi connectivity index (χ0v) is 15.6. The number of hydrogen-bond donors (Lipinski definition) is 2. The summed E-state index contributed by atoms with van der Waals surface area (Å²) >= 11 is 12.5. The highest BCUT2D eigenvalue weighted by Crippen LogP contribution is 2.40. The maximum absolute atomic E-state index is 12.7. The number of amides is 1. The summed E-state index contributed by atoms with van der Waals surface area (Å²) in [5.74, 6) is -0.305. The third kappa shape index (κ3) is 4.04. The third-order valence-corrected chi connectivity index (χ3v) is 5.55. The van der Waals surface area contributed by atoms with Crippen molar-refractivity contribution in [2.24, 2.45) is 5.92 Å². The Labute approximate surface area is 157 Å². The highest BCUT2D eigenvalue weighted by molar-refractivity contribution is 6.35. The molecule has 7 heteroatoms. The number of rotatable bonds is 3. The lowest BCUT2D eigenvalue weighted by atomic mass is 9.87. The molecule has 1 aliphatic heterocycles. The van der Waals surface area contributed by atoms with E-state index < -0.39 is 6.04 Å². The van der Waals surface area contributed by atoms with Crippen molar-refractivity contribution in [3.05, 3.63) is 27.7 Å². The number of anilines is 1. The zero-order chi connectivity index (χ0) is 18.0. The number of carbonyl (C=O) groups is 2. The van der Waals surface area contributed by atoms with Crippen molar-refractivity contribution in [3.8, 4) is 0 Å². The van der Waals surface area contributed by atoms with Gasteiger partial charge in [-0.2, -0.15) is 0 Å². The summed E-state index contributed by atoms with van der Waals surface area (Å²) < 4.78 is 4.85. The van der Waals surface area contributed by atoms with E-state index in [0.29, 0.717) is 22.2 Å². The van der Waals surface area contributed by atoms with Crippen LogP contribution in [0, 0.1) is 5.92 Å². The lowest BCUT2D eigenvalue weighted by molar-refractivity contribution is -0.142. The van der Waals surface area contributed by atoms with Gasteiger partial charge in [-0.1, -0.05) is 42.5 Å². The van der Waals surface area contributed by atoms with Crippen molar-refractivity contribution < 1.29 is 14.3 Å². The largest absolute Gasteiger partial charge is 0.467 e. The summed E-state index contributed by atoms with van der Waals surface area (Å²) in [4.78, 5) is 24.7. The molecule has 25 heavy (non-hydrogen) atoms. The first-order valence-electron chi connectivity index (χ1n) is 8.63. The van der Waals surface area contributed by atoms with E-state index in [9.17, 15) is 9.59 Å². The molecule has 1 aromatic rings. The highest BCUT2D eigenvalue weighted by Gasteiger charge is 2.35. The second-order valence-corrected chi connectivity index (χ2v) is 7.54. The van der Waals surface area contributed by atoms with Gasteiger partial charge in [-0.05, 0) is 25.0 Å². The van der Waals surface area contributed by atoms with Crippen LogP contribution in [0.4, 0.5) is 5.69 Å². The van der Waals surface area contributed by atoms with E-state index in [1.807, 2.05) is 0 Å². The molecule has 3 rings (SSSR count). The Morgan fingerprint density at radius 3 is 2.60 bits per heavy atom. The maximum Gasteiger partial charge on any atom is 0.328 e. The summed E-state index contributed by atoms with van der Waals surface area (Å²) in [5, 5.41) is 7.17. The summed E-state index contributed by atoms with van der Waals surface area (Å²) in [5.41, 5.74) is 1.43. The lowest BCUT2D eigenvalue weighted by Gasteiger charge is -2.34. The molecule has 2 atom stereocenters. The van der Waals surface area contributed by atoms with Gasteiger partial charge in [-0.3, -0.25) is 4.79 Å². The molecule has 136 valence electrons. The maximum atomic E-state index is 12.7. The molecule has 0 aromatic heterocycles. The molecule has 1 aliphatic carbocycles. The van der Waals surface area contributed by atoms with Gasteiger partial charge in [0, 0.05) is 33.6 Å². The van der Waals surface area contributed by atoms with E-state index in [-0.39, 0.29) is 23.8 Å². The molecular weight excluding hydrogens is 363 g/mol. The van der Waals surface area contributed by atoms with E-state index in [4.69, 9.17) is 27.9 Å². The topological polar surface area (TPSA) is 67.4 Å². The van der Waals surface area contributed by atoms with Crippen LogP contribution in [0.2, 0.25) is 10.0 Å². The van der Waals surface area contributed by atoms with Gasteiger partial charge in [0.15, 0.2) is 0 Å². The summed E-state index contributed by atoms with van der Waals surface area (Å²) in [6.45, 7) is 0. The smallest absolute Gasteiger partial charge is 0.328 e. The van der Waals surface area contributed by atoms with Crippen LogP contribution in [0.25, 0.3) is 0 Å². The number of halogens is 2. The van der Waals surface area contributed by atoms with Crippen LogP contribution in [-0.4, -0.2) is 25.0 Å². The van der Waals surface area contributed by atoms with Crippen molar-refractivity contribution in [2.45, 2.75) is 50.6 Å². The minimum atomic E-state index is -0.552. The van der Waals surface area contributed by atoms with Gasteiger partial charge in [0.05, 0.1) is 13.2 Å². The van der Waals surface area contributed by atoms with E-state index >= 15 is 0 Å². The minimum Gasteiger partial charge on any atom is -0.467 e. The van der Waals surface area contributed by atoms with Crippen molar-refractivity contribution in [1.29, 1.82) is 0 Å². The molecule has 1 aromatic carbocycles. The molecule has 0 spiro atoms. The number of fused-ring (bicyclic) bond motifs is 1. The average Bonchev–Trinajstić information content (AvgIpc) is 2.60. The van der Waals surface area contributed by atoms with Crippen LogP contribution in [0.3, 0.4) is 0 Å². The summed E-state index contributed by atoms with van der Waals surface area (Å²) in [7, 11) is 1.35. The Kier molecular flexibility index (Phi) is 5.74. The van der Waals surface area contributed by atoms with Crippen molar-refractivity contribution in [2.75, 3.05) is 12.4 Å². The van der Waals surface area contributed by atoms with Gasteiger partial charge < -0.3 is 15.4 Å². The van der Waals surface area contributed by atoms with Crippen LogP contribution in [0.5, 0.6) is 0 Å². The van der Waals surface area contributed by atoms with Crippen LogP contribution in [0.15, 0.2) is 12.1 Å². The van der Waals surface area contributed by atoms with Gasteiger partial charge in [0.25, 0.3) is 0 Å². The Balaban J connectivity index is 1.86. The number of hydrogen-bond acceptors (Lipinski definition) is 4. The molecule has 2 aliphatic rings. The number of ether oxygens (including phenoxy) is 1. The van der Waals surface area contributed by atoms with E-state index in [2.05, 4.69) is 10.6 Å². The van der Waals surface area contributed by atoms with Gasteiger partial charge in [0.2, 0.25) is 5.91 Å².